The van der Waals surface area contributed by atoms with E-state index in [4.69, 9.17) is 0 Å². The van der Waals surface area contributed by atoms with Crippen molar-refractivity contribution < 1.29 is 4.79 Å². The summed E-state index contributed by atoms with van der Waals surface area (Å²) in [4.78, 5) is 21.2. The zero-order valence-electron chi connectivity index (χ0n) is 19.5. The third-order valence-electron chi connectivity index (χ3n) is 5.02. The Morgan fingerprint density at radius 2 is 1.80 bits per heavy atom. The molecule has 0 radical (unpaired) electrons. The Hall–Kier alpha value is -1.35. The third-order valence-corrected chi connectivity index (χ3v) is 5.02. The molecule has 1 aromatic carbocycles. The van der Waals surface area contributed by atoms with E-state index in [0.717, 1.165) is 50.5 Å². The summed E-state index contributed by atoms with van der Waals surface area (Å²) in [6, 6.07) is 10.4. The Labute approximate surface area is 200 Å². The average molecular weight is 532 g/mol. The van der Waals surface area contributed by atoms with Crippen LogP contribution >= 0.6 is 24.0 Å². The minimum atomic E-state index is 0. The maximum absolute atomic E-state index is 12.4. The van der Waals surface area contributed by atoms with Gasteiger partial charge in [0.15, 0.2) is 5.96 Å². The molecule has 0 bridgehead atoms. The minimum Gasteiger partial charge on any atom is -0.357 e. The lowest BCUT2D eigenvalue weighted by molar-refractivity contribution is -0.130. The monoisotopic (exact) mass is 531 g/mol. The molecule has 0 heterocycles. The van der Waals surface area contributed by atoms with Crippen LogP contribution in [0.1, 0.15) is 52.5 Å². The number of aliphatic imine (C=N–C) groups is 1. The minimum absolute atomic E-state index is 0. The van der Waals surface area contributed by atoms with Crippen molar-refractivity contribution in [2.45, 2.75) is 59.5 Å². The van der Waals surface area contributed by atoms with Gasteiger partial charge >= 0.3 is 0 Å². The van der Waals surface area contributed by atoms with Gasteiger partial charge in [-0.3, -0.25) is 9.79 Å². The average Bonchev–Trinajstić information content (AvgIpc) is 2.72. The van der Waals surface area contributed by atoms with E-state index in [2.05, 4.69) is 48.2 Å². The van der Waals surface area contributed by atoms with E-state index >= 15 is 0 Å². The topological polar surface area (TPSA) is 60.0 Å². The molecule has 0 aliphatic rings. The SMILES string of the molecule is CCNC(=NCCC(=O)N(C)Cc1ccccc1)NC(C)CCCN(CC)CC.I. The Bertz CT molecular complexity index is 593. The number of halogens is 1. The molecular formula is C23H42IN5O. The van der Waals surface area contributed by atoms with Crippen LogP contribution in [0.3, 0.4) is 0 Å². The highest BCUT2D eigenvalue weighted by Crippen LogP contribution is 2.04. The second-order valence-electron chi connectivity index (χ2n) is 7.46. The number of rotatable bonds is 13. The van der Waals surface area contributed by atoms with Gasteiger partial charge in [-0.1, -0.05) is 44.2 Å². The maximum Gasteiger partial charge on any atom is 0.224 e. The normalized spacial score (nSPS) is 12.3. The zero-order chi connectivity index (χ0) is 21.5. The molecule has 6 nitrogen and oxygen atoms in total. The maximum atomic E-state index is 12.4. The Kier molecular flexibility index (Phi) is 16.6. The van der Waals surface area contributed by atoms with Gasteiger partial charge < -0.3 is 20.4 Å². The molecule has 0 saturated heterocycles. The molecule has 7 heteroatoms. The highest BCUT2D eigenvalue weighted by Gasteiger charge is 2.10. The Morgan fingerprint density at radius 3 is 2.40 bits per heavy atom. The van der Waals surface area contributed by atoms with Crippen LogP contribution in [0.15, 0.2) is 35.3 Å². The van der Waals surface area contributed by atoms with Gasteiger partial charge in [0.2, 0.25) is 5.91 Å². The molecule has 0 fully saturated rings. The number of hydrogen-bond acceptors (Lipinski definition) is 3. The van der Waals surface area contributed by atoms with Crippen LogP contribution in [-0.2, 0) is 11.3 Å². The number of carbonyl (C=O) groups excluding carboxylic acids is 1. The summed E-state index contributed by atoms with van der Waals surface area (Å²) in [5.74, 6) is 0.905. The van der Waals surface area contributed by atoms with E-state index in [-0.39, 0.29) is 29.9 Å². The van der Waals surface area contributed by atoms with Gasteiger partial charge in [0.25, 0.3) is 0 Å². The van der Waals surface area contributed by atoms with E-state index < -0.39 is 0 Å². The van der Waals surface area contributed by atoms with Crippen molar-refractivity contribution in [3.63, 3.8) is 0 Å². The number of amides is 1. The molecule has 1 unspecified atom stereocenters. The van der Waals surface area contributed by atoms with Crippen LogP contribution in [0.4, 0.5) is 0 Å². The first-order valence-electron chi connectivity index (χ1n) is 11.0. The molecular weight excluding hydrogens is 489 g/mol. The van der Waals surface area contributed by atoms with Crippen molar-refractivity contribution in [1.82, 2.24) is 20.4 Å². The van der Waals surface area contributed by atoms with Gasteiger partial charge in [0.05, 0.1) is 6.54 Å². The summed E-state index contributed by atoms with van der Waals surface area (Å²) < 4.78 is 0. The molecule has 0 saturated carbocycles. The van der Waals surface area contributed by atoms with Gasteiger partial charge in [0.1, 0.15) is 0 Å². The smallest absolute Gasteiger partial charge is 0.224 e. The number of nitrogens with zero attached hydrogens (tertiary/aromatic N) is 3. The molecule has 0 aromatic heterocycles. The van der Waals surface area contributed by atoms with Crippen LogP contribution in [0.2, 0.25) is 0 Å². The zero-order valence-corrected chi connectivity index (χ0v) is 21.8. The molecule has 1 amide bonds. The second kappa shape index (κ2) is 17.3. The first-order valence-corrected chi connectivity index (χ1v) is 11.0. The summed E-state index contributed by atoms with van der Waals surface area (Å²) >= 11 is 0. The van der Waals surface area contributed by atoms with Crippen molar-refractivity contribution in [1.29, 1.82) is 0 Å². The number of hydrogen-bond donors (Lipinski definition) is 2. The van der Waals surface area contributed by atoms with Crippen LogP contribution in [0, 0.1) is 0 Å². The van der Waals surface area contributed by atoms with E-state index in [0.29, 0.717) is 25.6 Å². The highest BCUT2D eigenvalue weighted by molar-refractivity contribution is 14.0. The Morgan fingerprint density at radius 1 is 1.13 bits per heavy atom. The first kappa shape index (κ1) is 28.6. The van der Waals surface area contributed by atoms with Crippen molar-refractivity contribution in [3.05, 3.63) is 35.9 Å². The first-order chi connectivity index (χ1) is 14.0. The summed E-state index contributed by atoms with van der Waals surface area (Å²) in [6.07, 6.45) is 2.67. The quantitative estimate of drug-likeness (QED) is 0.232. The number of carbonyl (C=O) groups is 1. The second-order valence-corrected chi connectivity index (χ2v) is 7.46. The van der Waals surface area contributed by atoms with Crippen molar-refractivity contribution in [2.75, 3.05) is 39.8 Å². The summed E-state index contributed by atoms with van der Waals surface area (Å²) in [5, 5.41) is 6.75. The van der Waals surface area contributed by atoms with Gasteiger partial charge in [-0.05, 0) is 51.9 Å². The predicted octanol–water partition coefficient (Wildman–Crippen LogP) is 3.72. The van der Waals surface area contributed by atoms with E-state index in [1.54, 1.807) is 4.90 Å². The van der Waals surface area contributed by atoms with Gasteiger partial charge in [0, 0.05) is 32.6 Å². The molecule has 2 N–H and O–H groups in total. The lowest BCUT2D eigenvalue weighted by Gasteiger charge is -2.21. The van der Waals surface area contributed by atoms with E-state index in [1.807, 2.05) is 37.4 Å². The van der Waals surface area contributed by atoms with E-state index in [9.17, 15) is 4.79 Å². The molecule has 1 aromatic rings. The number of guanidine groups is 1. The predicted molar refractivity (Wildman–Crippen MR) is 139 cm³/mol. The molecule has 0 aliphatic heterocycles. The van der Waals surface area contributed by atoms with Gasteiger partial charge in [-0.15, -0.1) is 24.0 Å². The molecule has 1 rings (SSSR count). The summed E-state index contributed by atoms with van der Waals surface area (Å²) in [6.45, 7) is 13.9. The molecule has 30 heavy (non-hydrogen) atoms. The lowest BCUT2D eigenvalue weighted by atomic mass is 10.2. The molecule has 172 valence electrons. The van der Waals surface area contributed by atoms with Crippen molar-refractivity contribution in [3.8, 4) is 0 Å². The van der Waals surface area contributed by atoms with Gasteiger partial charge in [-0.2, -0.15) is 0 Å². The molecule has 0 aliphatic carbocycles. The molecule has 0 spiro atoms. The van der Waals surface area contributed by atoms with Crippen LogP contribution in [-0.4, -0.2) is 67.5 Å². The third kappa shape index (κ3) is 12.4. The fraction of sp³-hybridized carbons (Fsp3) is 0.652. The highest BCUT2D eigenvalue weighted by atomic mass is 127. The number of nitrogens with one attached hydrogen (secondary N) is 2. The van der Waals surface area contributed by atoms with Crippen molar-refractivity contribution >= 4 is 35.8 Å². The summed E-state index contributed by atoms with van der Waals surface area (Å²) in [7, 11) is 1.85. The largest absolute Gasteiger partial charge is 0.357 e. The Balaban J connectivity index is 0.00000841. The number of benzene rings is 1. The van der Waals surface area contributed by atoms with E-state index in [1.165, 1.54) is 0 Å². The van der Waals surface area contributed by atoms with Crippen LogP contribution in [0.5, 0.6) is 0 Å². The standard InChI is InChI=1S/C23H41N5O.HI/c1-6-24-23(26-20(4)13-12-18-28(7-2)8-3)25-17-16-22(29)27(5)19-21-14-10-9-11-15-21;/h9-11,14-15,20H,6-8,12-13,16-19H2,1-5H3,(H2,24,25,26);1H. The summed E-state index contributed by atoms with van der Waals surface area (Å²) in [5.41, 5.74) is 1.14. The van der Waals surface area contributed by atoms with Crippen LogP contribution in [0.25, 0.3) is 0 Å². The van der Waals surface area contributed by atoms with Crippen LogP contribution < -0.4 is 10.6 Å². The fourth-order valence-corrected chi connectivity index (χ4v) is 3.19. The van der Waals surface area contributed by atoms with Gasteiger partial charge in [-0.25, -0.2) is 0 Å². The molecule has 1 atom stereocenters. The fourth-order valence-electron chi connectivity index (χ4n) is 3.19. The lowest BCUT2D eigenvalue weighted by Crippen LogP contribution is -2.42. The van der Waals surface area contributed by atoms with Crippen molar-refractivity contribution in [2.24, 2.45) is 4.99 Å².